The van der Waals surface area contributed by atoms with Crippen LogP contribution in [0.1, 0.15) is 32.6 Å². The Morgan fingerprint density at radius 3 is 2.00 bits per heavy atom. The number of aromatic nitrogens is 3. The molecule has 0 unspecified atom stereocenters. The third-order valence-electron chi connectivity index (χ3n) is 3.31. The maximum Gasteiger partial charge on any atom is 0.324 e. The van der Waals surface area contributed by atoms with Gasteiger partial charge in [0.05, 0.1) is 14.2 Å². The van der Waals surface area contributed by atoms with Gasteiger partial charge < -0.3 is 14.8 Å². The van der Waals surface area contributed by atoms with Crippen molar-refractivity contribution < 1.29 is 9.47 Å². The molecule has 0 spiro atoms. The van der Waals surface area contributed by atoms with E-state index in [0.29, 0.717) is 12.0 Å². The summed E-state index contributed by atoms with van der Waals surface area (Å²) in [6.45, 7) is 2.30. The van der Waals surface area contributed by atoms with Gasteiger partial charge in [-0.3, -0.25) is 0 Å². The summed E-state index contributed by atoms with van der Waals surface area (Å²) >= 11 is 0. The minimum absolute atomic E-state index is 0.272. The van der Waals surface area contributed by atoms with Crippen molar-refractivity contribution in [3.8, 4) is 12.0 Å². The molecule has 1 heterocycles. The van der Waals surface area contributed by atoms with E-state index in [1.165, 1.54) is 27.1 Å². The number of rotatable bonds is 4. The van der Waals surface area contributed by atoms with E-state index in [4.69, 9.17) is 9.47 Å². The van der Waals surface area contributed by atoms with Crippen LogP contribution in [-0.4, -0.2) is 35.2 Å². The predicted octanol–water partition coefficient (Wildman–Crippen LogP) is 1.88. The van der Waals surface area contributed by atoms with Crippen molar-refractivity contribution in [2.75, 3.05) is 19.5 Å². The molecule has 6 nitrogen and oxygen atoms in total. The van der Waals surface area contributed by atoms with Gasteiger partial charge in [-0.1, -0.05) is 6.92 Å². The van der Waals surface area contributed by atoms with Crippen molar-refractivity contribution in [2.24, 2.45) is 5.92 Å². The fourth-order valence-corrected chi connectivity index (χ4v) is 2.17. The zero-order valence-electron chi connectivity index (χ0n) is 11.1. The van der Waals surface area contributed by atoms with E-state index in [1.807, 2.05) is 0 Å². The summed E-state index contributed by atoms with van der Waals surface area (Å²) in [7, 11) is 3.06. The molecule has 1 aliphatic rings. The molecule has 0 aromatic carbocycles. The lowest BCUT2D eigenvalue weighted by Crippen LogP contribution is -2.26. The summed E-state index contributed by atoms with van der Waals surface area (Å²) in [5.74, 6) is 1.35. The second-order valence-corrected chi connectivity index (χ2v) is 4.73. The molecule has 1 aliphatic carbocycles. The third-order valence-corrected chi connectivity index (χ3v) is 3.31. The first-order valence-corrected chi connectivity index (χ1v) is 6.32. The first-order valence-electron chi connectivity index (χ1n) is 6.32. The molecule has 0 radical (unpaired) electrons. The fourth-order valence-electron chi connectivity index (χ4n) is 2.17. The molecule has 0 aliphatic heterocycles. The Morgan fingerprint density at radius 1 is 0.944 bits per heavy atom. The van der Waals surface area contributed by atoms with Crippen LogP contribution in [0.5, 0.6) is 12.0 Å². The Labute approximate surface area is 107 Å². The van der Waals surface area contributed by atoms with Crippen molar-refractivity contribution in [1.82, 2.24) is 15.0 Å². The van der Waals surface area contributed by atoms with Crippen molar-refractivity contribution >= 4 is 5.95 Å². The van der Waals surface area contributed by atoms with Crippen LogP contribution in [0.25, 0.3) is 0 Å². The van der Waals surface area contributed by atoms with Gasteiger partial charge in [0.25, 0.3) is 0 Å². The Hall–Kier alpha value is -1.59. The first kappa shape index (κ1) is 12.9. The van der Waals surface area contributed by atoms with Crippen molar-refractivity contribution in [1.29, 1.82) is 0 Å². The van der Waals surface area contributed by atoms with Crippen molar-refractivity contribution in [2.45, 2.75) is 38.6 Å². The van der Waals surface area contributed by atoms with Gasteiger partial charge in [0.2, 0.25) is 5.95 Å². The molecule has 6 heteroatoms. The highest BCUT2D eigenvalue weighted by Gasteiger charge is 2.19. The zero-order valence-corrected chi connectivity index (χ0v) is 11.1. The lowest BCUT2D eigenvalue weighted by molar-refractivity contribution is 0.337. The summed E-state index contributed by atoms with van der Waals surface area (Å²) in [6, 6.07) is 0.972. The number of nitrogens with zero attached hydrogens (tertiary/aromatic N) is 3. The summed E-state index contributed by atoms with van der Waals surface area (Å²) in [5.41, 5.74) is 0. The maximum absolute atomic E-state index is 5.02. The first-order chi connectivity index (χ1) is 8.71. The standard InChI is InChI=1S/C12H20N4O2/c1-8-4-6-9(7-5-8)13-10-14-11(17-2)16-12(15-10)18-3/h8-9H,4-7H2,1-3H3,(H,13,14,15,16). The van der Waals surface area contributed by atoms with Gasteiger partial charge in [0.1, 0.15) is 0 Å². The molecule has 0 saturated heterocycles. The molecule has 18 heavy (non-hydrogen) atoms. The lowest BCUT2D eigenvalue weighted by Gasteiger charge is -2.26. The molecular weight excluding hydrogens is 232 g/mol. The minimum Gasteiger partial charge on any atom is -0.467 e. The number of hydrogen-bond acceptors (Lipinski definition) is 6. The Morgan fingerprint density at radius 2 is 1.50 bits per heavy atom. The van der Waals surface area contributed by atoms with E-state index in [0.717, 1.165) is 18.8 Å². The molecule has 0 amide bonds. The number of hydrogen-bond donors (Lipinski definition) is 1. The van der Waals surface area contributed by atoms with Crippen LogP contribution in [0.15, 0.2) is 0 Å². The molecule has 100 valence electrons. The SMILES string of the molecule is COc1nc(NC2CCC(C)CC2)nc(OC)n1. The second-order valence-electron chi connectivity index (χ2n) is 4.73. The summed E-state index contributed by atoms with van der Waals surface area (Å²) in [6.07, 6.45) is 4.79. The van der Waals surface area contributed by atoms with E-state index >= 15 is 0 Å². The highest BCUT2D eigenvalue weighted by atomic mass is 16.5. The van der Waals surface area contributed by atoms with E-state index in [9.17, 15) is 0 Å². The van der Waals surface area contributed by atoms with Crippen LogP contribution in [0.4, 0.5) is 5.95 Å². The van der Waals surface area contributed by atoms with Crippen LogP contribution in [0, 0.1) is 5.92 Å². The average molecular weight is 252 g/mol. The normalized spacial score (nSPS) is 23.5. The molecule has 1 N–H and O–H groups in total. The molecule has 1 aromatic rings. The molecular formula is C12H20N4O2. The number of nitrogens with one attached hydrogen (secondary N) is 1. The Kier molecular flexibility index (Phi) is 4.17. The molecule has 1 fully saturated rings. The van der Waals surface area contributed by atoms with Crippen LogP contribution < -0.4 is 14.8 Å². The van der Waals surface area contributed by atoms with Crippen LogP contribution in [-0.2, 0) is 0 Å². The Balaban J connectivity index is 2.03. The largest absolute Gasteiger partial charge is 0.467 e. The smallest absolute Gasteiger partial charge is 0.324 e. The quantitative estimate of drug-likeness (QED) is 0.882. The number of anilines is 1. The predicted molar refractivity (Wildman–Crippen MR) is 68.0 cm³/mol. The van der Waals surface area contributed by atoms with Gasteiger partial charge in [-0.25, -0.2) is 0 Å². The van der Waals surface area contributed by atoms with Gasteiger partial charge in [-0.15, -0.1) is 4.98 Å². The average Bonchev–Trinajstić information content (AvgIpc) is 2.41. The van der Waals surface area contributed by atoms with Crippen LogP contribution in [0.2, 0.25) is 0 Å². The number of ether oxygens (including phenoxy) is 2. The third kappa shape index (κ3) is 3.21. The highest BCUT2D eigenvalue weighted by molar-refractivity contribution is 5.29. The van der Waals surface area contributed by atoms with Gasteiger partial charge in [0, 0.05) is 6.04 Å². The zero-order chi connectivity index (χ0) is 13.0. The molecule has 1 aromatic heterocycles. The monoisotopic (exact) mass is 252 g/mol. The summed E-state index contributed by atoms with van der Waals surface area (Å²) < 4.78 is 10.0. The highest BCUT2D eigenvalue weighted by Crippen LogP contribution is 2.25. The summed E-state index contributed by atoms with van der Waals surface area (Å²) in [4.78, 5) is 12.3. The topological polar surface area (TPSA) is 69.2 Å². The summed E-state index contributed by atoms with van der Waals surface area (Å²) in [5, 5.41) is 3.33. The molecule has 0 bridgehead atoms. The van der Waals surface area contributed by atoms with Crippen molar-refractivity contribution in [3.05, 3.63) is 0 Å². The van der Waals surface area contributed by atoms with E-state index in [1.54, 1.807) is 0 Å². The van der Waals surface area contributed by atoms with Gasteiger partial charge >= 0.3 is 12.0 Å². The van der Waals surface area contributed by atoms with E-state index in [2.05, 4.69) is 27.2 Å². The maximum atomic E-state index is 5.02. The Bertz CT molecular complexity index is 369. The molecule has 1 saturated carbocycles. The van der Waals surface area contributed by atoms with Gasteiger partial charge in [-0.2, -0.15) is 9.97 Å². The molecule has 0 atom stereocenters. The second kappa shape index (κ2) is 5.84. The van der Waals surface area contributed by atoms with E-state index in [-0.39, 0.29) is 12.0 Å². The minimum atomic E-state index is 0.272. The molecule has 2 rings (SSSR count). The fraction of sp³-hybridized carbons (Fsp3) is 0.750. The van der Waals surface area contributed by atoms with Crippen LogP contribution in [0.3, 0.4) is 0 Å². The number of methoxy groups -OCH3 is 2. The van der Waals surface area contributed by atoms with Gasteiger partial charge in [0.15, 0.2) is 0 Å². The van der Waals surface area contributed by atoms with Gasteiger partial charge in [-0.05, 0) is 31.6 Å². The lowest BCUT2D eigenvalue weighted by atomic mass is 9.87. The van der Waals surface area contributed by atoms with Crippen molar-refractivity contribution in [3.63, 3.8) is 0 Å². The van der Waals surface area contributed by atoms with Crippen LogP contribution >= 0.6 is 0 Å². The van der Waals surface area contributed by atoms with E-state index < -0.39 is 0 Å².